The molecule has 0 aromatic heterocycles. The summed E-state index contributed by atoms with van der Waals surface area (Å²) in [4.78, 5) is 11.8. The third-order valence-electron chi connectivity index (χ3n) is 3.02. The van der Waals surface area contributed by atoms with Gasteiger partial charge in [0.2, 0.25) is 5.91 Å². The van der Waals surface area contributed by atoms with E-state index in [1.54, 1.807) is 18.9 Å². The first-order valence-electron chi connectivity index (χ1n) is 6.94. The van der Waals surface area contributed by atoms with Gasteiger partial charge >= 0.3 is 0 Å². The molecular weight excluding hydrogens is 362 g/mol. The highest BCUT2D eigenvalue weighted by atomic mass is 79.9. The summed E-state index contributed by atoms with van der Waals surface area (Å²) in [5.74, 6) is 2.55. The monoisotopic (exact) mass is 379 g/mol. The number of ether oxygens (including phenoxy) is 1. The Morgan fingerprint density at radius 2 is 2.00 bits per heavy atom. The van der Waals surface area contributed by atoms with Crippen molar-refractivity contribution >= 4 is 39.3 Å². The van der Waals surface area contributed by atoms with Crippen molar-refractivity contribution in [2.24, 2.45) is 0 Å². The zero-order valence-electron chi connectivity index (χ0n) is 12.3. The fraction of sp³-hybridized carbons (Fsp3) is 0.235. The van der Waals surface area contributed by atoms with E-state index in [1.807, 2.05) is 42.5 Å². The molecule has 22 heavy (non-hydrogen) atoms. The van der Waals surface area contributed by atoms with Crippen LogP contribution in [0.5, 0.6) is 5.75 Å². The normalized spacial score (nSPS) is 10.3. The first-order chi connectivity index (χ1) is 10.7. The summed E-state index contributed by atoms with van der Waals surface area (Å²) in [7, 11) is 1.65. The van der Waals surface area contributed by atoms with Crippen molar-refractivity contribution in [3.63, 3.8) is 0 Å². The minimum Gasteiger partial charge on any atom is -0.496 e. The van der Waals surface area contributed by atoms with E-state index in [9.17, 15) is 4.79 Å². The SMILES string of the molecule is COc1ccc(CSCCC(=O)Nc2ccccc2)cc1Br. The standard InChI is InChI=1S/C17H18BrNO2S/c1-21-16-8-7-13(11-15(16)18)12-22-10-9-17(20)19-14-5-3-2-4-6-14/h2-8,11H,9-10,12H2,1H3,(H,19,20). The number of para-hydroxylation sites is 1. The van der Waals surface area contributed by atoms with Crippen LogP contribution in [0.2, 0.25) is 0 Å². The molecular formula is C17H18BrNO2S. The molecule has 0 fully saturated rings. The van der Waals surface area contributed by atoms with Crippen molar-refractivity contribution in [2.45, 2.75) is 12.2 Å². The van der Waals surface area contributed by atoms with Crippen LogP contribution in [0.3, 0.4) is 0 Å². The Morgan fingerprint density at radius 1 is 1.23 bits per heavy atom. The molecule has 2 aromatic carbocycles. The second-order valence-corrected chi connectivity index (χ2v) is 6.65. The van der Waals surface area contributed by atoms with E-state index in [0.717, 1.165) is 27.4 Å². The molecule has 2 rings (SSSR count). The third-order valence-corrected chi connectivity index (χ3v) is 4.67. The predicted octanol–water partition coefficient (Wildman–Crippen LogP) is 4.72. The number of methoxy groups -OCH3 is 1. The summed E-state index contributed by atoms with van der Waals surface area (Å²) in [5.41, 5.74) is 2.05. The largest absolute Gasteiger partial charge is 0.496 e. The molecule has 5 heteroatoms. The van der Waals surface area contributed by atoms with Crippen LogP contribution in [-0.2, 0) is 10.5 Å². The minimum absolute atomic E-state index is 0.0506. The molecule has 0 bridgehead atoms. The maximum atomic E-state index is 11.8. The van der Waals surface area contributed by atoms with Crippen LogP contribution in [0.4, 0.5) is 5.69 Å². The number of carbonyl (C=O) groups is 1. The third kappa shape index (κ3) is 5.39. The topological polar surface area (TPSA) is 38.3 Å². The first-order valence-corrected chi connectivity index (χ1v) is 8.89. The van der Waals surface area contributed by atoms with Crippen molar-refractivity contribution in [1.82, 2.24) is 0 Å². The molecule has 0 radical (unpaired) electrons. The molecule has 3 nitrogen and oxygen atoms in total. The van der Waals surface area contributed by atoms with E-state index in [0.29, 0.717) is 6.42 Å². The number of halogens is 1. The second-order valence-electron chi connectivity index (χ2n) is 4.69. The van der Waals surface area contributed by atoms with Gasteiger partial charge in [0.05, 0.1) is 11.6 Å². The van der Waals surface area contributed by atoms with Gasteiger partial charge in [-0.25, -0.2) is 0 Å². The zero-order chi connectivity index (χ0) is 15.8. The van der Waals surface area contributed by atoms with Crippen molar-refractivity contribution < 1.29 is 9.53 Å². The lowest BCUT2D eigenvalue weighted by atomic mass is 10.2. The molecule has 0 aliphatic rings. The van der Waals surface area contributed by atoms with Gasteiger partial charge in [-0.1, -0.05) is 24.3 Å². The van der Waals surface area contributed by atoms with E-state index in [1.165, 1.54) is 5.56 Å². The first kappa shape index (κ1) is 16.9. The number of nitrogens with one attached hydrogen (secondary N) is 1. The number of anilines is 1. The molecule has 1 amide bonds. The van der Waals surface area contributed by atoms with Gasteiger partial charge in [-0.2, -0.15) is 11.8 Å². The highest BCUT2D eigenvalue weighted by molar-refractivity contribution is 9.10. The fourth-order valence-corrected chi connectivity index (χ4v) is 3.38. The lowest BCUT2D eigenvalue weighted by Gasteiger charge is -2.07. The van der Waals surface area contributed by atoms with Crippen molar-refractivity contribution in [3.05, 3.63) is 58.6 Å². The van der Waals surface area contributed by atoms with Crippen LogP contribution in [0.15, 0.2) is 53.0 Å². The molecule has 116 valence electrons. The predicted molar refractivity (Wildman–Crippen MR) is 96.5 cm³/mol. The summed E-state index contributed by atoms with van der Waals surface area (Å²) in [6.45, 7) is 0. The van der Waals surface area contributed by atoms with E-state index in [-0.39, 0.29) is 5.91 Å². The van der Waals surface area contributed by atoms with E-state index in [4.69, 9.17) is 4.74 Å². The Bertz CT molecular complexity index is 619. The highest BCUT2D eigenvalue weighted by Gasteiger charge is 2.04. The zero-order valence-corrected chi connectivity index (χ0v) is 14.7. The lowest BCUT2D eigenvalue weighted by molar-refractivity contribution is -0.115. The maximum absolute atomic E-state index is 11.8. The molecule has 0 unspecified atom stereocenters. The van der Waals surface area contributed by atoms with E-state index >= 15 is 0 Å². The molecule has 0 saturated carbocycles. The van der Waals surface area contributed by atoms with Crippen LogP contribution < -0.4 is 10.1 Å². The lowest BCUT2D eigenvalue weighted by Crippen LogP contribution is -2.12. The molecule has 0 heterocycles. The number of thioether (sulfide) groups is 1. The van der Waals surface area contributed by atoms with Gasteiger partial charge in [0.15, 0.2) is 0 Å². The van der Waals surface area contributed by atoms with Gasteiger partial charge in [-0.15, -0.1) is 0 Å². The molecule has 0 saturated heterocycles. The molecule has 0 atom stereocenters. The minimum atomic E-state index is 0.0506. The molecule has 0 aliphatic carbocycles. The number of carbonyl (C=O) groups excluding carboxylic acids is 1. The maximum Gasteiger partial charge on any atom is 0.225 e. The van der Waals surface area contributed by atoms with Gasteiger partial charge in [-0.05, 0) is 45.8 Å². The van der Waals surface area contributed by atoms with E-state index < -0.39 is 0 Å². The Labute approximate surface area is 143 Å². The van der Waals surface area contributed by atoms with Gasteiger partial charge in [0.25, 0.3) is 0 Å². The summed E-state index contributed by atoms with van der Waals surface area (Å²) in [5, 5.41) is 2.89. The summed E-state index contributed by atoms with van der Waals surface area (Å²) in [6.07, 6.45) is 0.511. The van der Waals surface area contributed by atoms with Gasteiger partial charge in [0, 0.05) is 23.6 Å². The van der Waals surface area contributed by atoms with Crippen LogP contribution >= 0.6 is 27.7 Å². The molecule has 1 N–H and O–H groups in total. The molecule has 2 aromatic rings. The van der Waals surface area contributed by atoms with Gasteiger partial charge < -0.3 is 10.1 Å². The Kier molecular flexibility index (Phi) is 6.80. The number of amides is 1. The quantitative estimate of drug-likeness (QED) is 0.707. The summed E-state index contributed by atoms with van der Waals surface area (Å²) in [6, 6.07) is 15.6. The van der Waals surface area contributed by atoms with Crippen LogP contribution in [-0.4, -0.2) is 18.8 Å². The summed E-state index contributed by atoms with van der Waals surface area (Å²) < 4.78 is 6.16. The number of rotatable bonds is 7. The van der Waals surface area contributed by atoms with Gasteiger partial charge in [0.1, 0.15) is 5.75 Å². The Balaban J connectivity index is 1.70. The van der Waals surface area contributed by atoms with Crippen LogP contribution in [0.25, 0.3) is 0 Å². The second kappa shape index (κ2) is 8.86. The number of hydrogen-bond donors (Lipinski definition) is 1. The highest BCUT2D eigenvalue weighted by Crippen LogP contribution is 2.27. The van der Waals surface area contributed by atoms with Gasteiger partial charge in [-0.3, -0.25) is 4.79 Å². The van der Waals surface area contributed by atoms with Crippen LogP contribution in [0.1, 0.15) is 12.0 Å². The Hall–Kier alpha value is -1.46. The van der Waals surface area contributed by atoms with Crippen LogP contribution in [0, 0.1) is 0 Å². The van der Waals surface area contributed by atoms with E-state index in [2.05, 4.69) is 27.3 Å². The molecule has 0 aliphatic heterocycles. The summed E-state index contributed by atoms with van der Waals surface area (Å²) >= 11 is 5.22. The van der Waals surface area contributed by atoms with Crippen molar-refractivity contribution in [3.8, 4) is 5.75 Å². The Morgan fingerprint density at radius 3 is 2.68 bits per heavy atom. The van der Waals surface area contributed by atoms with Crippen molar-refractivity contribution in [2.75, 3.05) is 18.2 Å². The average Bonchev–Trinajstić information content (AvgIpc) is 2.53. The smallest absolute Gasteiger partial charge is 0.225 e. The average molecular weight is 380 g/mol. The number of benzene rings is 2. The van der Waals surface area contributed by atoms with Crippen molar-refractivity contribution in [1.29, 1.82) is 0 Å². The number of hydrogen-bond acceptors (Lipinski definition) is 3. The fourth-order valence-electron chi connectivity index (χ4n) is 1.90. The molecule has 0 spiro atoms.